The lowest BCUT2D eigenvalue weighted by Crippen LogP contribution is -2.26. The maximum absolute atomic E-state index is 11.6. The van der Waals surface area contributed by atoms with Crippen LogP contribution in [0.1, 0.15) is 56.1 Å². The second-order valence-corrected chi connectivity index (χ2v) is 6.38. The molecule has 1 aromatic rings. The highest BCUT2D eigenvalue weighted by atomic mass is 16.2. The molecule has 1 amide bonds. The van der Waals surface area contributed by atoms with E-state index in [0.29, 0.717) is 17.8 Å². The molecule has 1 aliphatic heterocycles. The van der Waals surface area contributed by atoms with Gasteiger partial charge in [-0.05, 0) is 37.5 Å². The van der Waals surface area contributed by atoms with E-state index in [0.717, 1.165) is 30.7 Å². The summed E-state index contributed by atoms with van der Waals surface area (Å²) < 4.78 is 0. The fourth-order valence-electron chi connectivity index (χ4n) is 3.36. The first-order valence-corrected chi connectivity index (χ1v) is 7.40. The normalized spacial score (nSPS) is 30.9. The molecule has 0 radical (unpaired) electrons. The number of aromatic amines is 1. The number of nitrogens with one attached hydrogen (secondary N) is 1. The third-order valence-corrected chi connectivity index (χ3v) is 4.85. The van der Waals surface area contributed by atoms with Crippen LogP contribution in [0.5, 0.6) is 0 Å². The minimum Gasteiger partial charge on any atom is -0.342 e. The standard InChI is InChI=1S/C14H20N4O/c1-8(19)18-6-11(9-2-3-9)12(7-18)14-15-13(16-17-14)10-4-5-10/h9-12H,2-7H2,1H3,(H,15,16,17)/t11-,12+/m1/s1. The molecular weight excluding hydrogens is 240 g/mol. The molecule has 3 fully saturated rings. The van der Waals surface area contributed by atoms with Crippen LogP contribution in [0.4, 0.5) is 0 Å². The van der Waals surface area contributed by atoms with Gasteiger partial charge in [-0.1, -0.05) is 0 Å². The van der Waals surface area contributed by atoms with E-state index < -0.39 is 0 Å². The van der Waals surface area contributed by atoms with Gasteiger partial charge in [-0.2, -0.15) is 5.10 Å². The van der Waals surface area contributed by atoms with E-state index in [1.807, 2.05) is 4.90 Å². The van der Waals surface area contributed by atoms with Gasteiger partial charge in [0.25, 0.3) is 0 Å². The molecule has 19 heavy (non-hydrogen) atoms. The summed E-state index contributed by atoms with van der Waals surface area (Å²) in [7, 11) is 0. The van der Waals surface area contributed by atoms with Crippen LogP contribution in [-0.2, 0) is 4.79 Å². The first kappa shape index (κ1) is 11.4. The summed E-state index contributed by atoms with van der Waals surface area (Å²) in [5, 5.41) is 7.51. The van der Waals surface area contributed by atoms with Gasteiger partial charge in [0.15, 0.2) is 5.82 Å². The summed E-state index contributed by atoms with van der Waals surface area (Å²) in [6, 6.07) is 0. The molecule has 2 atom stereocenters. The molecule has 2 heterocycles. The Bertz CT molecular complexity index is 503. The van der Waals surface area contributed by atoms with Crippen molar-refractivity contribution in [2.45, 2.75) is 44.4 Å². The molecule has 0 spiro atoms. The van der Waals surface area contributed by atoms with Crippen LogP contribution in [0.25, 0.3) is 0 Å². The summed E-state index contributed by atoms with van der Waals surface area (Å²) in [6.45, 7) is 3.39. The zero-order valence-corrected chi connectivity index (χ0v) is 11.3. The topological polar surface area (TPSA) is 61.9 Å². The maximum atomic E-state index is 11.6. The van der Waals surface area contributed by atoms with Crippen LogP contribution in [0.2, 0.25) is 0 Å². The molecule has 0 aromatic carbocycles. The average molecular weight is 260 g/mol. The van der Waals surface area contributed by atoms with Crippen LogP contribution >= 0.6 is 0 Å². The first-order valence-electron chi connectivity index (χ1n) is 7.40. The zero-order valence-electron chi connectivity index (χ0n) is 11.3. The molecular formula is C14H20N4O. The van der Waals surface area contributed by atoms with Gasteiger partial charge < -0.3 is 4.90 Å². The Morgan fingerprint density at radius 2 is 2.05 bits per heavy atom. The van der Waals surface area contributed by atoms with Crippen molar-refractivity contribution in [3.63, 3.8) is 0 Å². The molecule has 4 rings (SSSR count). The van der Waals surface area contributed by atoms with Gasteiger partial charge in [-0.3, -0.25) is 9.89 Å². The van der Waals surface area contributed by atoms with E-state index in [9.17, 15) is 4.79 Å². The molecule has 5 nitrogen and oxygen atoms in total. The highest BCUT2D eigenvalue weighted by Crippen LogP contribution is 2.47. The first-order chi connectivity index (χ1) is 9.22. The van der Waals surface area contributed by atoms with Crippen molar-refractivity contribution in [2.24, 2.45) is 11.8 Å². The highest BCUT2D eigenvalue weighted by Gasteiger charge is 2.45. The number of likely N-dealkylation sites (tertiary alicyclic amines) is 1. The molecule has 102 valence electrons. The molecule has 1 N–H and O–H groups in total. The van der Waals surface area contributed by atoms with Crippen LogP contribution in [-0.4, -0.2) is 39.1 Å². The predicted molar refractivity (Wildman–Crippen MR) is 69.6 cm³/mol. The Balaban J connectivity index is 1.57. The lowest BCUT2D eigenvalue weighted by atomic mass is 9.91. The van der Waals surface area contributed by atoms with Gasteiger partial charge in [-0.15, -0.1) is 0 Å². The predicted octanol–water partition coefficient (Wildman–Crippen LogP) is 1.65. The monoisotopic (exact) mass is 260 g/mol. The summed E-state index contributed by atoms with van der Waals surface area (Å²) in [5.41, 5.74) is 0. The summed E-state index contributed by atoms with van der Waals surface area (Å²) in [5.74, 6) is 4.54. The fourth-order valence-corrected chi connectivity index (χ4v) is 3.36. The molecule has 5 heteroatoms. The number of hydrogen-bond donors (Lipinski definition) is 1. The van der Waals surface area contributed by atoms with E-state index in [-0.39, 0.29) is 5.91 Å². The molecule has 2 saturated carbocycles. The average Bonchev–Trinajstić information content (AvgIpc) is 3.32. The number of rotatable bonds is 3. The van der Waals surface area contributed by atoms with Crippen molar-refractivity contribution in [3.05, 3.63) is 11.6 Å². The third-order valence-electron chi connectivity index (χ3n) is 4.85. The second kappa shape index (κ2) is 4.05. The van der Waals surface area contributed by atoms with Crippen LogP contribution in [0.15, 0.2) is 0 Å². The lowest BCUT2D eigenvalue weighted by molar-refractivity contribution is -0.127. The molecule has 1 saturated heterocycles. The van der Waals surface area contributed by atoms with Gasteiger partial charge in [0.05, 0.1) is 0 Å². The Kier molecular flexibility index (Phi) is 2.44. The van der Waals surface area contributed by atoms with Crippen molar-refractivity contribution in [2.75, 3.05) is 13.1 Å². The smallest absolute Gasteiger partial charge is 0.219 e. The van der Waals surface area contributed by atoms with E-state index >= 15 is 0 Å². The molecule has 2 aliphatic carbocycles. The van der Waals surface area contributed by atoms with Gasteiger partial charge >= 0.3 is 0 Å². The second-order valence-electron chi connectivity index (χ2n) is 6.38. The van der Waals surface area contributed by atoms with Crippen LogP contribution < -0.4 is 0 Å². The minimum absolute atomic E-state index is 0.190. The molecule has 0 unspecified atom stereocenters. The van der Waals surface area contributed by atoms with Crippen molar-refractivity contribution in [3.8, 4) is 0 Å². The zero-order chi connectivity index (χ0) is 13.0. The van der Waals surface area contributed by atoms with Gasteiger partial charge in [-0.25, -0.2) is 4.98 Å². The summed E-state index contributed by atoms with van der Waals surface area (Å²) in [4.78, 5) is 18.3. The summed E-state index contributed by atoms with van der Waals surface area (Å²) in [6.07, 6.45) is 5.09. The van der Waals surface area contributed by atoms with Crippen molar-refractivity contribution < 1.29 is 4.79 Å². The van der Waals surface area contributed by atoms with Gasteiger partial charge in [0, 0.05) is 31.8 Å². The van der Waals surface area contributed by atoms with Crippen LogP contribution in [0.3, 0.4) is 0 Å². The lowest BCUT2D eigenvalue weighted by Gasteiger charge is -2.14. The number of H-pyrrole nitrogens is 1. The number of hydrogen-bond acceptors (Lipinski definition) is 3. The molecule has 1 aromatic heterocycles. The van der Waals surface area contributed by atoms with Gasteiger partial charge in [0.1, 0.15) is 5.82 Å². The minimum atomic E-state index is 0.190. The van der Waals surface area contributed by atoms with E-state index in [1.54, 1.807) is 6.92 Å². The van der Waals surface area contributed by atoms with Crippen LogP contribution in [0, 0.1) is 11.8 Å². The third kappa shape index (κ3) is 2.05. The summed E-state index contributed by atoms with van der Waals surface area (Å²) >= 11 is 0. The van der Waals surface area contributed by atoms with E-state index in [2.05, 4.69) is 10.2 Å². The number of amides is 1. The SMILES string of the molecule is CC(=O)N1C[C@H](c2nc(C3CC3)n[nH]2)[C@@H](C2CC2)C1. The van der Waals surface area contributed by atoms with Crippen molar-refractivity contribution in [1.82, 2.24) is 20.1 Å². The fraction of sp³-hybridized carbons (Fsp3) is 0.786. The molecule has 3 aliphatic rings. The van der Waals surface area contributed by atoms with E-state index in [1.165, 1.54) is 25.7 Å². The molecule has 0 bridgehead atoms. The van der Waals surface area contributed by atoms with Crippen molar-refractivity contribution >= 4 is 5.91 Å². The van der Waals surface area contributed by atoms with E-state index in [4.69, 9.17) is 4.98 Å². The Hall–Kier alpha value is -1.39. The number of carbonyl (C=O) groups excluding carboxylic acids is 1. The number of carbonyl (C=O) groups is 1. The Morgan fingerprint density at radius 1 is 1.26 bits per heavy atom. The number of aromatic nitrogens is 3. The Morgan fingerprint density at radius 3 is 2.68 bits per heavy atom. The number of nitrogens with zero attached hydrogens (tertiary/aromatic N) is 3. The largest absolute Gasteiger partial charge is 0.342 e. The van der Waals surface area contributed by atoms with Crippen molar-refractivity contribution in [1.29, 1.82) is 0 Å². The quantitative estimate of drug-likeness (QED) is 0.899. The Labute approximate surface area is 112 Å². The highest BCUT2D eigenvalue weighted by molar-refractivity contribution is 5.73. The van der Waals surface area contributed by atoms with Gasteiger partial charge in [0.2, 0.25) is 5.91 Å². The maximum Gasteiger partial charge on any atom is 0.219 e.